The molecule has 1 N–H and O–H groups in total. The fourth-order valence-corrected chi connectivity index (χ4v) is 3.89. The highest BCUT2D eigenvalue weighted by Gasteiger charge is 2.44. The van der Waals surface area contributed by atoms with Crippen LogP contribution in [0.15, 0.2) is 48.5 Å². The second-order valence-corrected chi connectivity index (χ2v) is 8.30. The lowest BCUT2D eigenvalue weighted by molar-refractivity contribution is -0.129. The monoisotopic (exact) mass is 429 g/mol. The molecule has 1 aliphatic rings. The van der Waals surface area contributed by atoms with Crippen molar-refractivity contribution < 1.29 is 14.3 Å². The average molecular weight is 430 g/mol. The van der Waals surface area contributed by atoms with E-state index in [9.17, 15) is 9.59 Å². The first kappa shape index (κ1) is 22.1. The zero-order chi connectivity index (χ0) is 21.7. The summed E-state index contributed by atoms with van der Waals surface area (Å²) in [5, 5.41) is 3.61. The molecule has 2 aromatic rings. The Kier molecular flexibility index (Phi) is 7.00. The van der Waals surface area contributed by atoms with Crippen molar-refractivity contribution in [3.63, 3.8) is 0 Å². The number of carbonyl (C=O) groups excluding carboxylic acids is 2. The van der Waals surface area contributed by atoms with Crippen LogP contribution in [0.2, 0.25) is 5.02 Å². The maximum atomic E-state index is 13.3. The molecule has 0 unspecified atom stereocenters. The van der Waals surface area contributed by atoms with Gasteiger partial charge in [0.25, 0.3) is 0 Å². The van der Waals surface area contributed by atoms with Gasteiger partial charge >= 0.3 is 6.09 Å². The van der Waals surface area contributed by atoms with Gasteiger partial charge in [0.1, 0.15) is 12.1 Å². The predicted octanol–water partition coefficient (Wildman–Crippen LogP) is 4.32. The number of carbonyl (C=O) groups is 2. The van der Waals surface area contributed by atoms with Crippen LogP contribution in [0, 0.1) is 6.92 Å². The van der Waals surface area contributed by atoms with Crippen molar-refractivity contribution in [2.24, 2.45) is 0 Å². The van der Waals surface area contributed by atoms with Crippen LogP contribution in [0.1, 0.15) is 24.0 Å². The Morgan fingerprint density at radius 2 is 1.80 bits per heavy atom. The van der Waals surface area contributed by atoms with E-state index in [2.05, 4.69) is 5.32 Å². The first-order valence-electron chi connectivity index (χ1n) is 10.0. The number of halogens is 1. The summed E-state index contributed by atoms with van der Waals surface area (Å²) in [5.41, 5.74) is 1.90. The summed E-state index contributed by atoms with van der Waals surface area (Å²) in [6, 6.07) is 15.0. The number of rotatable bonds is 5. The molecule has 1 aliphatic heterocycles. The van der Waals surface area contributed by atoms with Crippen LogP contribution in [-0.2, 0) is 16.1 Å². The van der Waals surface area contributed by atoms with Crippen LogP contribution in [0.5, 0.6) is 0 Å². The van der Waals surface area contributed by atoms with Gasteiger partial charge in [-0.15, -0.1) is 0 Å². The number of nitrogens with one attached hydrogen (secondary N) is 1. The molecule has 30 heavy (non-hydrogen) atoms. The smallest absolute Gasteiger partial charge is 0.410 e. The van der Waals surface area contributed by atoms with Crippen molar-refractivity contribution in [1.82, 2.24) is 9.80 Å². The van der Waals surface area contributed by atoms with Crippen LogP contribution >= 0.6 is 11.6 Å². The zero-order valence-electron chi connectivity index (χ0n) is 17.7. The van der Waals surface area contributed by atoms with Gasteiger partial charge in [-0.1, -0.05) is 48.0 Å². The molecule has 1 heterocycles. The first-order chi connectivity index (χ1) is 14.3. The van der Waals surface area contributed by atoms with Crippen molar-refractivity contribution in [3.8, 4) is 0 Å². The maximum absolute atomic E-state index is 13.3. The Morgan fingerprint density at radius 1 is 1.13 bits per heavy atom. The highest BCUT2D eigenvalue weighted by atomic mass is 35.5. The molecular formula is C23H28ClN3O3. The minimum Gasteiger partial charge on any atom is -0.445 e. The number of likely N-dealkylation sites (N-methyl/N-ethyl adjacent to an activating group) is 1. The molecule has 2 aromatic carbocycles. The summed E-state index contributed by atoms with van der Waals surface area (Å²) < 4.78 is 5.44. The number of amides is 2. The summed E-state index contributed by atoms with van der Waals surface area (Å²) in [5.74, 6) is -0.0878. The second kappa shape index (κ2) is 9.49. The molecule has 7 heteroatoms. The van der Waals surface area contributed by atoms with E-state index in [1.807, 2.05) is 62.3 Å². The lowest BCUT2D eigenvalue weighted by Crippen LogP contribution is -2.60. The molecule has 0 atom stereocenters. The SMILES string of the molecule is Cc1ccc(Cl)cc1NC(=O)C1(N(C)C)CCN(C(=O)OCc2ccccc2)CC1. The molecule has 1 saturated heterocycles. The number of hydrogen-bond donors (Lipinski definition) is 1. The number of ether oxygens (including phenoxy) is 1. The number of piperidine rings is 1. The quantitative estimate of drug-likeness (QED) is 0.768. The summed E-state index contributed by atoms with van der Waals surface area (Å²) in [6.45, 7) is 3.07. The Labute approximate surface area is 182 Å². The van der Waals surface area contributed by atoms with Crippen LogP contribution in [0.3, 0.4) is 0 Å². The van der Waals surface area contributed by atoms with Gasteiger partial charge in [-0.05, 0) is 57.1 Å². The molecule has 0 spiro atoms. The fraction of sp³-hybridized carbons (Fsp3) is 0.391. The molecule has 6 nitrogen and oxygen atoms in total. The van der Waals surface area contributed by atoms with Gasteiger partial charge in [-0.25, -0.2) is 4.79 Å². The van der Waals surface area contributed by atoms with Gasteiger partial charge in [-0.2, -0.15) is 0 Å². The highest BCUT2D eigenvalue weighted by Crippen LogP contribution is 2.30. The number of benzene rings is 2. The third-order valence-corrected chi connectivity index (χ3v) is 6.02. The number of anilines is 1. The predicted molar refractivity (Wildman–Crippen MR) is 119 cm³/mol. The van der Waals surface area contributed by atoms with Gasteiger partial charge < -0.3 is 15.0 Å². The van der Waals surface area contributed by atoms with E-state index in [-0.39, 0.29) is 18.6 Å². The summed E-state index contributed by atoms with van der Waals surface area (Å²) in [4.78, 5) is 29.3. The largest absolute Gasteiger partial charge is 0.445 e. The van der Waals surface area contributed by atoms with Crippen LogP contribution in [0.4, 0.5) is 10.5 Å². The molecule has 1 fully saturated rings. The molecule has 160 valence electrons. The Balaban J connectivity index is 1.63. The highest BCUT2D eigenvalue weighted by molar-refractivity contribution is 6.31. The Hall–Kier alpha value is -2.57. The number of nitrogens with zero attached hydrogens (tertiary/aromatic N) is 2. The van der Waals surface area contributed by atoms with E-state index in [1.54, 1.807) is 17.0 Å². The second-order valence-electron chi connectivity index (χ2n) is 7.87. The van der Waals surface area contributed by atoms with Gasteiger partial charge in [0.2, 0.25) is 5.91 Å². The van der Waals surface area contributed by atoms with E-state index >= 15 is 0 Å². The number of aryl methyl sites for hydroxylation is 1. The fourth-order valence-electron chi connectivity index (χ4n) is 3.71. The summed E-state index contributed by atoms with van der Waals surface area (Å²) in [7, 11) is 3.79. The Morgan fingerprint density at radius 3 is 2.43 bits per heavy atom. The standard InChI is InChI=1S/C23H28ClN3O3/c1-17-9-10-19(24)15-20(17)25-21(28)23(26(2)3)11-13-27(14-12-23)22(29)30-16-18-7-5-4-6-8-18/h4-10,15H,11-14,16H2,1-3H3,(H,25,28). The van der Waals surface area contributed by atoms with Crippen LogP contribution in [0.25, 0.3) is 0 Å². The molecule has 2 amide bonds. The third kappa shape index (κ3) is 4.94. The van der Waals surface area contributed by atoms with E-state index in [4.69, 9.17) is 16.3 Å². The summed E-state index contributed by atoms with van der Waals surface area (Å²) in [6.07, 6.45) is 0.690. The van der Waals surface area contributed by atoms with Gasteiger partial charge in [-0.3, -0.25) is 9.69 Å². The van der Waals surface area contributed by atoms with Crippen molar-refractivity contribution in [3.05, 3.63) is 64.7 Å². The minimum atomic E-state index is -0.703. The average Bonchev–Trinajstić information content (AvgIpc) is 2.75. The number of likely N-dealkylation sites (tertiary alicyclic amines) is 1. The van der Waals surface area contributed by atoms with Gasteiger partial charge in [0.05, 0.1) is 0 Å². The number of hydrogen-bond acceptors (Lipinski definition) is 4. The Bertz CT molecular complexity index is 894. The van der Waals surface area contributed by atoms with Crippen molar-refractivity contribution in [2.45, 2.75) is 31.9 Å². The van der Waals surface area contributed by atoms with Crippen LogP contribution in [-0.4, -0.2) is 54.5 Å². The molecule has 0 saturated carbocycles. The summed E-state index contributed by atoms with van der Waals surface area (Å²) >= 11 is 6.09. The topological polar surface area (TPSA) is 61.9 Å². The van der Waals surface area contributed by atoms with Gasteiger partial charge in [0, 0.05) is 23.8 Å². The molecule has 0 bridgehead atoms. The maximum Gasteiger partial charge on any atom is 0.410 e. The molecule has 0 aliphatic carbocycles. The zero-order valence-corrected chi connectivity index (χ0v) is 18.4. The van der Waals surface area contributed by atoms with E-state index in [1.165, 1.54) is 0 Å². The molecule has 0 radical (unpaired) electrons. The van der Waals surface area contributed by atoms with E-state index in [0.29, 0.717) is 36.6 Å². The minimum absolute atomic E-state index is 0.0878. The lowest BCUT2D eigenvalue weighted by atomic mass is 9.85. The first-order valence-corrected chi connectivity index (χ1v) is 10.4. The third-order valence-electron chi connectivity index (χ3n) is 5.78. The van der Waals surface area contributed by atoms with Crippen LogP contribution < -0.4 is 5.32 Å². The van der Waals surface area contributed by atoms with E-state index < -0.39 is 5.54 Å². The van der Waals surface area contributed by atoms with E-state index in [0.717, 1.165) is 11.1 Å². The van der Waals surface area contributed by atoms with Crippen molar-refractivity contribution >= 4 is 29.3 Å². The van der Waals surface area contributed by atoms with Crippen molar-refractivity contribution in [2.75, 3.05) is 32.5 Å². The lowest BCUT2D eigenvalue weighted by Gasteiger charge is -2.44. The van der Waals surface area contributed by atoms with Gasteiger partial charge in [0.15, 0.2) is 0 Å². The molecular weight excluding hydrogens is 402 g/mol. The molecule has 0 aromatic heterocycles. The normalized spacial score (nSPS) is 15.7. The molecule has 3 rings (SSSR count). The van der Waals surface area contributed by atoms with Crippen molar-refractivity contribution in [1.29, 1.82) is 0 Å².